The molecule has 1 aliphatic rings. The van der Waals surface area contributed by atoms with E-state index in [0.717, 1.165) is 5.56 Å². The lowest BCUT2D eigenvalue weighted by molar-refractivity contribution is -0.384. The number of nitro benzene ring substituents is 1. The number of benzene rings is 2. The van der Waals surface area contributed by atoms with Gasteiger partial charge in [-0.05, 0) is 35.9 Å². The first-order chi connectivity index (χ1) is 12.0. The van der Waals surface area contributed by atoms with Crippen LogP contribution in [0, 0.1) is 10.1 Å². The van der Waals surface area contributed by atoms with Crippen molar-refractivity contribution in [2.45, 2.75) is 0 Å². The van der Waals surface area contributed by atoms with Crippen molar-refractivity contribution in [3.8, 4) is 5.75 Å². The van der Waals surface area contributed by atoms with Crippen molar-refractivity contribution in [1.82, 2.24) is 5.32 Å². The molecule has 0 saturated heterocycles. The molecule has 1 heterocycles. The Morgan fingerprint density at radius 3 is 2.80 bits per heavy atom. The lowest BCUT2D eigenvalue weighted by Gasteiger charge is -2.01. The number of amides is 1. The maximum absolute atomic E-state index is 12.1. The highest BCUT2D eigenvalue weighted by molar-refractivity contribution is 6.33. The zero-order valence-electron chi connectivity index (χ0n) is 13.0. The molecule has 7 nitrogen and oxygen atoms in total. The van der Waals surface area contributed by atoms with E-state index in [2.05, 4.69) is 10.3 Å². The van der Waals surface area contributed by atoms with Crippen LogP contribution in [0.5, 0.6) is 5.75 Å². The van der Waals surface area contributed by atoms with Gasteiger partial charge in [0.2, 0.25) is 0 Å². The van der Waals surface area contributed by atoms with Crippen LogP contribution in [0.25, 0.3) is 6.08 Å². The number of aliphatic imine (C=N–C) groups is 1. The highest BCUT2D eigenvalue weighted by Gasteiger charge is 2.23. The Bertz CT molecular complexity index is 937. The third kappa shape index (κ3) is 3.51. The van der Waals surface area contributed by atoms with Crippen LogP contribution in [-0.4, -0.2) is 23.8 Å². The van der Waals surface area contributed by atoms with Gasteiger partial charge in [-0.3, -0.25) is 14.9 Å². The first-order valence-corrected chi connectivity index (χ1v) is 7.56. The van der Waals surface area contributed by atoms with Crippen molar-refractivity contribution >= 4 is 35.1 Å². The van der Waals surface area contributed by atoms with Crippen molar-refractivity contribution in [1.29, 1.82) is 0 Å². The summed E-state index contributed by atoms with van der Waals surface area (Å²) >= 11 is 5.80. The van der Waals surface area contributed by atoms with Crippen molar-refractivity contribution in [2.75, 3.05) is 7.11 Å². The number of nitro groups is 1. The van der Waals surface area contributed by atoms with Gasteiger partial charge >= 0.3 is 0 Å². The lowest BCUT2D eigenvalue weighted by Crippen LogP contribution is -2.24. The maximum atomic E-state index is 12.1. The molecule has 0 aliphatic carbocycles. The molecule has 0 spiro atoms. The number of carbonyl (C=O) groups excluding carboxylic acids is 1. The van der Waals surface area contributed by atoms with Crippen molar-refractivity contribution < 1.29 is 14.5 Å². The second-order valence-corrected chi connectivity index (χ2v) is 5.55. The van der Waals surface area contributed by atoms with E-state index in [-0.39, 0.29) is 22.2 Å². The summed E-state index contributed by atoms with van der Waals surface area (Å²) in [7, 11) is 1.55. The summed E-state index contributed by atoms with van der Waals surface area (Å²) in [5.74, 6) is 0.500. The van der Waals surface area contributed by atoms with E-state index < -0.39 is 10.8 Å². The van der Waals surface area contributed by atoms with Gasteiger partial charge in [-0.1, -0.05) is 23.7 Å². The zero-order valence-corrected chi connectivity index (χ0v) is 13.8. The minimum atomic E-state index is -0.587. The summed E-state index contributed by atoms with van der Waals surface area (Å²) in [5, 5.41) is 13.6. The highest BCUT2D eigenvalue weighted by Crippen LogP contribution is 2.26. The van der Waals surface area contributed by atoms with Crippen LogP contribution in [0.15, 0.2) is 53.2 Å². The first kappa shape index (κ1) is 16.7. The van der Waals surface area contributed by atoms with Crippen molar-refractivity contribution in [3.05, 3.63) is 74.4 Å². The molecule has 25 heavy (non-hydrogen) atoms. The standard InChI is InChI=1S/C17H12ClN3O4/c1-25-12-4-2-3-10(7-12)8-14-17(22)20-16(19-14)11-5-6-13(18)15(9-11)21(23)24/h2-9H,1H3,(H,19,20,22)/b14-8-. The van der Waals surface area contributed by atoms with Crippen LogP contribution in [0.1, 0.15) is 11.1 Å². The summed E-state index contributed by atoms with van der Waals surface area (Å²) in [5.41, 5.74) is 1.09. The topological polar surface area (TPSA) is 93.8 Å². The number of methoxy groups -OCH3 is 1. The fraction of sp³-hybridized carbons (Fsp3) is 0.0588. The molecular weight excluding hydrogens is 346 g/mol. The largest absolute Gasteiger partial charge is 0.497 e. The van der Waals surface area contributed by atoms with Crippen molar-refractivity contribution in [2.24, 2.45) is 4.99 Å². The van der Waals surface area contributed by atoms with Gasteiger partial charge in [0.25, 0.3) is 11.6 Å². The molecular formula is C17H12ClN3O4. The molecule has 0 radical (unpaired) electrons. The average Bonchev–Trinajstić information content (AvgIpc) is 2.96. The van der Waals surface area contributed by atoms with Crippen LogP contribution < -0.4 is 10.1 Å². The molecule has 0 bridgehead atoms. The maximum Gasteiger partial charge on any atom is 0.288 e. The zero-order chi connectivity index (χ0) is 18.0. The Balaban J connectivity index is 1.96. The minimum Gasteiger partial charge on any atom is -0.497 e. The van der Waals surface area contributed by atoms with Gasteiger partial charge in [0.1, 0.15) is 22.3 Å². The molecule has 0 saturated carbocycles. The number of nitrogens with one attached hydrogen (secondary N) is 1. The molecule has 3 rings (SSSR count). The lowest BCUT2D eigenvalue weighted by atomic mass is 10.2. The third-order valence-electron chi connectivity index (χ3n) is 3.51. The van der Waals surface area contributed by atoms with E-state index in [1.807, 2.05) is 6.07 Å². The summed E-state index contributed by atoms with van der Waals surface area (Å²) in [4.78, 5) is 26.8. The number of rotatable bonds is 4. The first-order valence-electron chi connectivity index (χ1n) is 7.18. The molecule has 0 fully saturated rings. The van der Waals surface area contributed by atoms with E-state index in [1.54, 1.807) is 37.5 Å². The van der Waals surface area contributed by atoms with Crippen LogP contribution >= 0.6 is 11.6 Å². The number of hydrogen-bond acceptors (Lipinski definition) is 5. The molecule has 1 N–H and O–H groups in total. The summed E-state index contributed by atoms with van der Waals surface area (Å²) in [6.45, 7) is 0. The second kappa shape index (κ2) is 6.74. The van der Waals surface area contributed by atoms with Crippen LogP contribution in [0.4, 0.5) is 5.69 Å². The van der Waals surface area contributed by atoms with E-state index in [4.69, 9.17) is 16.3 Å². The van der Waals surface area contributed by atoms with Gasteiger partial charge in [0.15, 0.2) is 0 Å². The van der Waals surface area contributed by atoms with Crippen LogP contribution in [-0.2, 0) is 4.79 Å². The second-order valence-electron chi connectivity index (χ2n) is 5.14. The normalized spacial score (nSPS) is 15.0. The van der Waals surface area contributed by atoms with Gasteiger partial charge in [0.05, 0.1) is 12.0 Å². The van der Waals surface area contributed by atoms with Crippen LogP contribution in [0.3, 0.4) is 0 Å². The van der Waals surface area contributed by atoms with Gasteiger partial charge in [0, 0.05) is 11.6 Å². The number of halogens is 1. The molecule has 0 atom stereocenters. The third-order valence-corrected chi connectivity index (χ3v) is 3.83. The Kier molecular flexibility index (Phi) is 4.49. The summed E-state index contributed by atoms with van der Waals surface area (Å²) in [6.07, 6.45) is 1.61. The molecule has 2 aromatic carbocycles. The predicted molar refractivity (Wildman–Crippen MR) is 93.8 cm³/mol. The Hall–Kier alpha value is -3.19. The van der Waals surface area contributed by atoms with Crippen LogP contribution in [0.2, 0.25) is 5.02 Å². The number of ether oxygens (including phenoxy) is 1. The number of amidine groups is 1. The average molecular weight is 358 g/mol. The highest BCUT2D eigenvalue weighted by atomic mass is 35.5. The van der Waals surface area contributed by atoms with Crippen molar-refractivity contribution in [3.63, 3.8) is 0 Å². The quantitative estimate of drug-likeness (QED) is 0.516. The van der Waals surface area contributed by atoms with Gasteiger partial charge < -0.3 is 10.1 Å². The molecule has 8 heteroatoms. The van der Waals surface area contributed by atoms with Gasteiger partial charge in [-0.25, -0.2) is 4.99 Å². The summed E-state index contributed by atoms with van der Waals surface area (Å²) < 4.78 is 5.14. The van der Waals surface area contributed by atoms with E-state index in [0.29, 0.717) is 11.3 Å². The smallest absolute Gasteiger partial charge is 0.288 e. The predicted octanol–water partition coefficient (Wildman–Crippen LogP) is 3.17. The molecule has 126 valence electrons. The molecule has 1 aliphatic heterocycles. The SMILES string of the molecule is COc1cccc(/C=C2\N=C(c3ccc(Cl)c([N+](=O)[O-])c3)NC2=O)c1. The summed E-state index contributed by atoms with van der Waals surface area (Å²) in [6, 6.07) is 11.4. The Labute approximate surface area is 147 Å². The number of nitrogens with zero attached hydrogens (tertiary/aromatic N) is 2. The monoisotopic (exact) mass is 357 g/mol. The Morgan fingerprint density at radius 1 is 1.28 bits per heavy atom. The fourth-order valence-electron chi connectivity index (χ4n) is 2.29. The number of hydrogen-bond donors (Lipinski definition) is 1. The van der Waals surface area contributed by atoms with Gasteiger partial charge in [-0.15, -0.1) is 0 Å². The minimum absolute atomic E-state index is 0.0193. The van der Waals surface area contributed by atoms with E-state index in [1.165, 1.54) is 12.1 Å². The molecule has 0 aromatic heterocycles. The van der Waals surface area contributed by atoms with Gasteiger partial charge in [-0.2, -0.15) is 0 Å². The molecule has 1 amide bonds. The molecule has 2 aromatic rings. The molecule has 0 unspecified atom stereocenters. The Morgan fingerprint density at radius 2 is 2.08 bits per heavy atom. The van der Waals surface area contributed by atoms with E-state index in [9.17, 15) is 14.9 Å². The number of carbonyl (C=O) groups is 1. The van der Waals surface area contributed by atoms with E-state index >= 15 is 0 Å². The fourth-order valence-corrected chi connectivity index (χ4v) is 2.48.